The molecule has 0 radical (unpaired) electrons. The van der Waals surface area contributed by atoms with Crippen molar-refractivity contribution in [2.45, 2.75) is 38.5 Å². The van der Waals surface area contributed by atoms with Crippen molar-refractivity contribution in [2.75, 3.05) is 6.61 Å². The Bertz CT molecular complexity index is 127. The lowest BCUT2D eigenvalue weighted by Crippen LogP contribution is -2.34. The van der Waals surface area contributed by atoms with Crippen LogP contribution in [0.2, 0.25) is 0 Å². The van der Waals surface area contributed by atoms with Gasteiger partial charge >= 0.3 is 0 Å². The zero-order valence-electron chi connectivity index (χ0n) is 6.47. The van der Waals surface area contributed by atoms with Crippen molar-refractivity contribution in [3.63, 3.8) is 0 Å². The van der Waals surface area contributed by atoms with Gasteiger partial charge in [-0.2, -0.15) is 0 Å². The summed E-state index contributed by atoms with van der Waals surface area (Å²) >= 11 is 0. The number of hydrogen-bond acceptors (Lipinski definition) is 1. The Balaban J connectivity index is 2.05. The van der Waals surface area contributed by atoms with Crippen molar-refractivity contribution >= 4 is 0 Å². The van der Waals surface area contributed by atoms with E-state index in [1.54, 1.807) is 0 Å². The normalized spacial score (nSPS) is 36.3. The molecule has 0 saturated heterocycles. The van der Waals surface area contributed by atoms with Gasteiger partial charge in [-0.3, -0.25) is 0 Å². The Hall–Kier alpha value is -0.0400. The van der Waals surface area contributed by atoms with Gasteiger partial charge in [0.25, 0.3) is 0 Å². The lowest BCUT2D eigenvalue weighted by atomic mass is 9.63. The number of aliphatic hydroxyl groups is 1. The summed E-state index contributed by atoms with van der Waals surface area (Å²) in [7, 11) is 0. The van der Waals surface area contributed by atoms with Gasteiger partial charge in [0.1, 0.15) is 0 Å². The molecule has 0 aromatic rings. The highest BCUT2D eigenvalue weighted by atomic mass is 16.3. The molecule has 0 heterocycles. The van der Waals surface area contributed by atoms with Gasteiger partial charge in [-0.05, 0) is 37.0 Å². The van der Waals surface area contributed by atoms with Crippen LogP contribution >= 0.6 is 0 Å². The van der Waals surface area contributed by atoms with Crippen molar-refractivity contribution in [3.8, 4) is 0 Å². The van der Waals surface area contributed by atoms with E-state index in [0.29, 0.717) is 17.9 Å². The third-order valence-corrected chi connectivity index (χ3v) is 3.66. The Morgan fingerprint density at radius 1 is 1.20 bits per heavy atom. The Labute approximate surface area is 62.4 Å². The van der Waals surface area contributed by atoms with Gasteiger partial charge in [-0.15, -0.1) is 0 Å². The van der Waals surface area contributed by atoms with Crippen LogP contribution in [0.4, 0.5) is 0 Å². The van der Waals surface area contributed by atoms with Gasteiger partial charge in [-0.25, -0.2) is 0 Å². The average Bonchev–Trinajstić information content (AvgIpc) is 2.27. The van der Waals surface area contributed by atoms with E-state index < -0.39 is 0 Å². The predicted octanol–water partition coefficient (Wildman–Crippen LogP) is 1.95. The van der Waals surface area contributed by atoms with Crippen molar-refractivity contribution in [3.05, 3.63) is 0 Å². The van der Waals surface area contributed by atoms with E-state index in [0.717, 1.165) is 0 Å². The second kappa shape index (κ2) is 2.23. The third kappa shape index (κ3) is 0.731. The summed E-state index contributed by atoms with van der Waals surface area (Å²) in [6.07, 6.45) is 8.27. The lowest BCUT2D eigenvalue weighted by molar-refractivity contribution is 0.0401. The van der Waals surface area contributed by atoms with E-state index >= 15 is 0 Å². The van der Waals surface area contributed by atoms with Gasteiger partial charge in [-0.1, -0.05) is 12.8 Å². The van der Waals surface area contributed by atoms with Crippen LogP contribution in [-0.4, -0.2) is 11.7 Å². The first-order valence-corrected chi connectivity index (χ1v) is 4.48. The summed E-state index contributed by atoms with van der Waals surface area (Å²) in [6.45, 7) is 0.444. The van der Waals surface area contributed by atoms with Crippen LogP contribution in [-0.2, 0) is 0 Å². The third-order valence-electron chi connectivity index (χ3n) is 3.66. The van der Waals surface area contributed by atoms with E-state index in [1.165, 1.54) is 38.5 Å². The number of rotatable bonds is 1. The molecular formula is C9H16O. The first-order valence-electron chi connectivity index (χ1n) is 4.48. The van der Waals surface area contributed by atoms with Crippen molar-refractivity contribution in [1.82, 2.24) is 0 Å². The lowest BCUT2D eigenvalue weighted by Gasteiger charge is -2.43. The Kier molecular flexibility index (Phi) is 1.48. The average molecular weight is 140 g/mol. The largest absolute Gasteiger partial charge is 0.396 e. The predicted molar refractivity (Wildman–Crippen MR) is 40.7 cm³/mol. The molecule has 0 aliphatic heterocycles. The fourth-order valence-electron chi connectivity index (χ4n) is 2.78. The SMILES string of the molecule is OCC1CCCC12CCC2. The quantitative estimate of drug-likeness (QED) is 0.590. The molecule has 10 heavy (non-hydrogen) atoms. The van der Waals surface area contributed by atoms with Gasteiger partial charge in [0.2, 0.25) is 0 Å². The molecule has 0 amide bonds. The smallest absolute Gasteiger partial charge is 0.0464 e. The second-order valence-corrected chi connectivity index (χ2v) is 3.99. The van der Waals surface area contributed by atoms with Crippen LogP contribution in [0.5, 0.6) is 0 Å². The van der Waals surface area contributed by atoms with Gasteiger partial charge in [0, 0.05) is 6.61 Å². The fourth-order valence-corrected chi connectivity index (χ4v) is 2.78. The van der Waals surface area contributed by atoms with Crippen LogP contribution in [0.25, 0.3) is 0 Å². The minimum Gasteiger partial charge on any atom is -0.396 e. The highest BCUT2D eigenvalue weighted by molar-refractivity contribution is 4.97. The maximum absolute atomic E-state index is 9.07. The molecule has 0 bridgehead atoms. The second-order valence-electron chi connectivity index (χ2n) is 3.99. The first kappa shape index (κ1) is 6.66. The molecule has 2 aliphatic carbocycles. The minimum absolute atomic E-state index is 0.444. The summed E-state index contributed by atoms with van der Waals surface area (Å²) in [5.41, 5.74) is 0.634. The Morgan fingerprint density at radius 2 is 1.90 bits per heavy atom. The molecule has 1 spiro atoms. The summed E-state index contributed by atoms with van der Waals surface area (Å²) in [4.78, 5) is 0. The van der Waals surface area contributed by atoms with Crippen LogP contribution in [0, 0.1) is 11.3 Å². The van der Waals surface area contributed by atoms with E-state index in [4.69, 9.17) is 5.11 Å². The van der Waals surface area contributed by atoms with Crippen LogP contribution in [0.15, 0.2) is 0 Å². The van der Waals surface area contributed by atoms with Crippen LogP contribution in [0.3, 0.4) is 0 Å². The molecule has 0 aromatic heterocycles. The summed E-state index contributed by atoms with van der Waals surface area (Å²) in [5, 5.41) is 9.07. The number of aliphatic hydroxyl groups excluding tert-OH is 1. The molecule has 58 valence electrons. The van der Waals surface area contributed by atoms with E-state index in [2.05, 4.69) is 0 Å². The number of hydrogen-bond donors (Lipinski definition) is 1. The minimum atomic E-state index is 0.444. The zero-order chi connectivity index (χ0) is 7.03. The summed E-state index contributed by atoms with van der Waals surface area (Å²) < 4.78 is 0. The molecule has 2 rings (SSSR count). The van der Waals surface area contributed by atoms with Gasteiger partial charge in [0.05, 0.1) is 0 Å². The maximum atomic E-state index is 9.07. The highest BCUT2D eigenvalue weighted by Gasteiger charge is 2.46. The van der Waals surface area contributed by atoms with E-state index in [1.807, 2.05) is 0 Å². The molecular weight excluding hydrogens is 124 g/mol. The van der Waals surface area contributed by atoms with Crippen molar-refractivity contribution in [2.24, 2.45) is 11.3 Å². The van der Waals surface area contributed by atoms with Crippen molar-refractivity contribution in [1.29, 1.82) is 0 Å². The Morgan fingerprint density at radius 3 is 2.30 bits per heavy atom. The zero-order valence-corrected chi connectivity index (χ0v) is 6.47. The topological polar surface area (TPSA) is 20.2 Å². The summed E-state index contributed by atoms with van der Waals surface area (Å²) in [5.74, 6) is 0.668. The molecule has 1 N–H and O–H groups in total. The fraction of sp³-hybridized carbons (Fsp3) is 1.00. The monoisotopic (exact) mass is 140 g/mol. The summed E-state index contributed by atoms with van der Waals surface area (Å²) in [6, 6.07) is 0. The first-order chi connectivity index (χ1) is 4.87. The molecule has 2 aliphatic rings. The standard InChI is InChI=1S/C9H16O/c10-7-8-3-1-4-9(8)5-2-6-9/h8,10H,1-7H2. The highest BCUT2D eigenvalue weighted by Crippen LogP contribution is 2.56. The molecule has 1 atom stereocenters. The van der Waals surface area contributed by atoms with E-state index in [-0.39, 0.29) is 0 Å². The van der Waals surface area contributed by atoms with E-state index in [9.17, 15) is 0 Å². The molecule has 2 saturated carbocycles. The van der Waals surface area contributed by atoms with Crippen LogP contribution < -0.4 is 0 Å². The van der Waals surface area contributed by atoms with Gasteiger partial charge in [0.15, 0.2) is 0 Å². The molecule has 1 unspecified atom stereocenters. The molecule has 2 fully saturated rings. The molecule has 0 aromatic carbocycles. The van der Waals surface area contributed by atoms with Crippen LogP contribution in [0.1, 0.15) is 38.5 Å². The molecule has 1 heteroatoms. The van der Waals surface area contributed by atoms with Gasteiger partial charge < -0.3 is 5.11 Å². The maximum Gasteiger partial charge on any atom is 0.0464 e. The molecule has 1 nitrogen and oxygen atoms in total. The van der Waals surface area contributed by atoms with Crippen molar-refractivity contribution < 1.29 is 5.11 Å².